The number of nitrogens with one attached hydrogen (secondary N) is 1. The lowest BCUT2D eigenvalue weighted by atomic mass is 9.97. The Kier molecular flexibility index (Phi) is 4.75. The second-order valence-electron chi connectivity index (χ2n) is 5.55. The number of anilines is 1. The molecule has 25 heavy (non-hydrogen) atoms. The van der Waals surface area contributed by atoms with Gasteiger partial charge in [0.1, 0.15) is 11.5 Å². The molecular weight excluding hydrogens is 318 g/mol. The summed E-state index contributed by atoms with van der Waals surface area (Å²) in [6.45, 7) is 0. The Labute approximate surface area is 145 Å². The number of carbonyl (C=O) groups is 1. The highest BCUT2D eigenvalue weighted by molar-refractivity contribution is 5.94. The quantitative estimate of drug-likeness (QED) is 0.692. The number of hydrogen-bond acceptors (Lipinski definition) is 5. The van der Waals surface area contributed by atoms with Gasteiger partial charge < -0.3 is 19.9 Å². The molecule has 2 N–H and O–H groups in total. The molecule has 0 bridgehead atoms. The molecule has 0 aliphatic rings. The van der Waals surface area contributed by atoms with Crippen LogP contribution in [-0.2, 0) is 9.53 Å². The lowest BCUT2D eigenvalue weighted by Crippen LogP contribution is -2.22. The van der Waals surface area contributed by atoms with Crippen molar-refractivity contribution in [1.29, 1.82) is 0 Å². The third-order valence-corrected chi connectivity index (χ3v) is 4.07. The number of hydrogen-bond donors (Lipinski definition) is 2. The Hall–Kier alpha value is -3.21. The maximum atomic E-state index is 12.4. The highest BCUT2D eigenvalue weighted by atomic mass is 16.5. The first-order chi connectivity index (χ1) is 12.1. The van der Waals surface area contributed by atoms with Crippen LogP contribution < -0.4 is 10.1 Å². The van der Waals surface area contributed by atoms with Crippen LogP contribution in [0.2, 0.25) is 0 Å². The van der Waals surface area contributed by atoms with Crippen LogP contribution in [0, 0.1) is 0 Å². The SMILES string of the molecule is COC(=O)C(Nc1ccc(OC)cc1)c1c(O)ccc2ccccc12. The van der Waals surface area contributed by atoms with Crippen molar-refractivity contribution in [2.24, 2.45) is 0 Å². The molecule has 1 atom stereocenters. The van der Waals surface area contributed by atoms with Gasteiger partial charge in [-0.1, -0.05) is 30.3 Å². The molecule has 3 aromatic carbocycles. The Morgan fingerprint density at radius 1 is 1.00 bits per heavy atom. The summed E-state index contributed by atoms with van der Waals surface area (Å²) in [6.07, 6.45) is 0. The summed E-state index contributed by atoms with van der Waals surface area (Å²) in [4.78, 5) is 12.4. The number of fused-ring (bicyclic) bond motifs is 1. The molecule has 0 amide bonds. The van der Waals surface area contributed by atoms with Crippen LogP contribution in [0.4, 0.5) is 5.69 Å². The van der Waals surface area contributed by atoms with Crippen LogP contribution in [0.5, 0.6) is 11.5 Å². The van der Waals surface area contributed by atoms with E-state index in [1.165, 1.54) is 7.11 Å². The van der Waals surface area contributed by atoms with Gasteiger partial charge in [-0.3, -0.25) is 0 Å². The van der Waals surface area contributed by atoms with E-state index in [4.69, 9.17) is 9.47 Å². The number of esters is 1. The van der Waals surface area contributed by atoms with Crippen molar-refractivity contribution in [2.75, 3.05) is 19.5 Å². The number of ether oxygens (including phenoxy) is 2. The first-order valence-electron chi connectivity index (χ1n) is 7.83. The number of carbonyl (C=O) groups excluding carboxylic acids is 1. The lowest BCUT2D eigenvalue weighted by Gasteiger charge is -2.21. The van der Waals surface area contributed by atoms with Gasteiger partial charge in [0.05, 0.1) is 14.2 Å². The summed E-state index contributed by atoms with van der Waals surface area (Å²) in [5.74, 6) is 0.269. The van der Waals surface area contributed by atoms with Gasteiger partial charge in [-0.2, -0.15) is 0 Å². The predicted octanol–water partition coefficient (Wildman–Crippen LogP) is 3.88. The number of phenols is 1. The van der Waals surface area contributed by atoms with Gasteiger partial charge in [-0.25, -0.2) is 4.79 Å². The molecule has 0 heterocycles. The van der Waals surface area contributed by atoms with Crippen molar-refractivity contribution in [1.82, 2.24) is 0 Å². The number of phenolic OH excluding ortho intramolecular Hbond substituents is 1. The zero-order valence-corrected chi connectivity index (χ0v) is 14.0. The largest absolute Gasteiger partial charge is 0.508 e. The molecule has 128 valence electrons. The molecule has 0 saturated heterocycles. The van der Waals surface area contributed by atoms with Gasteiger partial charge in [0, 0.05) is 11.3 Å². The smallest absolute Gasteiger partial charge is 0.333 e. The number of benzene rings is 3. The summed E-state index contributed by atoms with van der Waals surface area (Å²) in [5.41, 5.74) is 1.20. The summed E-state index contributed by atoms with van der Waals surface area (Å²) in [7, 11) is 2.92. The van der Waals surface area contributed by atoms with Gasteiger partial charge in [0.25, 0.3) is 0 Å². The summed E-state index contributed by atoms with van der Waals surface area (Å²) < 4.78 is 10.1. The number of methoxy groups -OCH3 is 2. The minimum Gasteiger partial charge on any atom is -0.508 e. The fourth-order valence-electron chi connectivity index (χ4n) is 2.81. The van der Waals surface area contributed by atoms with E-state index in [1.54, 1.807) is 37.4 Å². The standard InChI is InChI=1S/C20H19NO4/c1-24-15-10-8-14(9-11-15)21-19(20(23)25-2)18-16-6-4-3-5-13(16)7-12-17(18)22/h3-12,19,21-22H,1-2H3. The monoisotopic (exact) mass is 337 g/mol. The predicted molar refractivity (Wildman–Crippen MR) is 97.0 cm³/mol. The van der Waals surface area contributed by atoms with Crippen LogP contribution in [0.3, 0.4) is 0 Å². The van der Waals surface area contributed by atoms with Crippen LogP contribution in [0.1, 0.15) is 11.6 Å². The fourth-order valence-corrected chi connectivity index (χ4v) is 2.81. The molecule has 5 heteroatoms. The molecule has 5 nitrogen and oxygen atoms in total. The van der Waals surface area contributed by atoms with Gasteiger partial charge in [0.2, 0.25) is 0 Å². The van der Waals surface area contributed by atoms with Gasteiger partial charge in [-0.05, 0) is 41.1 Å². The van der Waals surface area contributed by atoms with Crippen molar-refractivity contribution < 1.29 is 19.4 Å². The minimum absolute atomic E-state index is 0.0371. The maximum Gasteiger partial charge on any atom is 0.333 e. The van der Waals surface area contributed by atoms with E-state index in [1.807, 2.05) is 30.3 Å². The van der Waals surface area contributed by atoms with Crippen molar-refractivity contribution in [3.05, 3.63) is 66.2 Å². The normalized spacial score (nSPS) is 11.8. The maximum absolute atomic E-state index is 12.4. The Bertz CT molecular complexity index is 890. The molecule has 0 radical (unpaired) electrons. The molecule has 3 rings (SSSR count). The van der Waals surface area contributed by atoms with E-state index in [-0.39, 0.29) is 5.75 Å². The summed E-state index contributed by atoms with van der Waals surface area (Å²) in [6, 6.07) is 17.3. The van der Waals surface area contributed by atoms with Crippen molar-refractivity contribution in [3.8, 4) is 11.5 Å². The van der Waals surface area contributed by atoms with E-state index >= 15 is 0 Å². The average Bonchev–Trinajstić information content (AvgIpc) is 2.66. The van der Waals surface area contributed by atoms with E-state index in [0.29, 0.717) is 17.0 Å². The van der Waals surface area contributed by atoms with Crippen LogP contribution in [-0.4, -0.2) is 25.3 Å². The van der Waals surface area contributed by atoms with E-state index < -0.39 is 12.0 Å². The summed E-state index contributed by atoms with van der Waals surface area (Å²) in [5, 5.41) is 15.3. The molecule has 0 fully saturated rings. The van der Waals surface area contributed by atoms with E-state index in [9.17, 15) is 9.90 Å². The zero-order chi connectivity index (χ0) is 17.8. The molecule has 0 aliphatic heterocycles. The topological polar surface area (TPSA) is 67.8 Å². The molecule has 0 spiro atoms. The Balaban J connectivity index is 2.07. The van der Waals surface area contributed by atoms with Crippen molar-refractivity contribution >= 4 is 22.4 Å². The zero-order valence-electron chi connectivity index (χ0n) is 14.0. The first kappa shape index (κ1) is 16.6. The van der Waals surface area contributed by atoms with E-state index in [0.717, 1.165) is 10.8 Å². The molecule has 3 aromatic rings. The second kappa shape index (κ2) is 7.13. The second-order valence-corrected chi connectivity index (χ2v) is 5.55. The van der Waals surface area contributed by atoms with E-state index in [2.05, 4.69) is 5.32 Å². The van der Waals surface area contributed by atoms with Crippen molar-refractivity contribution in [2.45, 2.75) is 6.04 Å². The van der Waals surface area contributed by atoms with Crippen LogP contribution in [0.15, 0.2) is 60.7 Å². The Morgan fingerprint density at radius 2 is 1.72 bits per heavy atom. The van der Waals surface area contributed by atoms with Gasteiger partial charge in [-0.15, -0.1) is 0 Å². The fraction of sp³-hybridized carbons (Fsp3) is 0.150. The highest BCUT2D eigenvalue weighted by Crippen LogP contribution is 2.35. The molecule has 0 aromatic heterocycles. The van der Waals surface area contributed by atoms with Gasteiger partial charge in [0.15, 0.2) is 6.04 Å². The molecular formula is C20H19NO4. The number of aromatic hydroxyl groups is 1. The molecule has 0 saturated carbocycles. The first-order valence-corrected chi connectivity index (χ1v) is 7.83. The number of rotatable bonds is 5. The van der Waals surface area contributed by atoms with Crippen molar-refractivity contribution in [3.63, 3.8) is 0 Å². The minimum atomic E-state index is -0.843. The van der Waals surface area contributed by atoms with Gasteiger partial charge >= 0.3 is 5.97 Å². The third kappa shape index (κ3) is 3.35. The summed E-state index contributed by atoms with van der Waals surface area (Å²) >= 11 is 0. The molecule has 1 unspecified atom stereocenters. The highest BCUT2D eigenvalue weighted by Gasteiger charge is 2.26. The molecule has 0 aliphatic carbocycles. The van der Waals surface area contributed by atoms with Crippen LogP contribution >= 0.6 is 0 Å². The average molecular weight is 337 g/mol. The van der Waals surface area contributed by atoms with Crippen LogP contribution in [0.25, 0.3) is 10.8 Å². The lowest BCUT2D eigenvalue weighted by molar-refractivity contribution is -0.141. The third-order valence-electron chi connectivity index (χ3n) is 4.07. The Morgan fingerprint density at radius 3 is 2.40 bits per heavy atom.